The number of nitrogens with zero attached hydrogens (tertiary/aromatic N) is 2. The third kappa shape index (κ3) is 10.3. The molecular formula is C45H54N2O5. The number of hydrogen-bond acceptors (Lipinski definition) is 5. The lowest BCUT2D eigenvalue weighted by Gasteiger charge is -2.30. The molecule has 1 N–H and O–H groups in total. The van der Waals surface area contributed by atoms with Crippen molar-refractivity contribution in [1.29, 1.82) is 0 Å². The fraction of sp³-hybridized carbons (Fsp3) is 0.378. The van der Waals surface area contributed by atoms with Gasteiger partial charge in [-0.05, 0) is 48.9 Å². The molecule has 4 aromatic rings. The van der Waals surface area contributed by atoms with E-state index < -0.39 is 0 Å². The monoisotopic (exact) mass is 702 g/mol. The Bertz CT molecular complexity index is 1690. The Kier molecular flexibility index (Phi) is 14.0. The van der Waals surface area contributed by atoms with E-state index in [4.69, 9.17) is 9.47 Å². The van der Waals surface area contributed by atoms with Gasteiger partial charge < -0.3 is 24.4 Å². The topological polar surface area (TPSA) is 79.3 Å². The second-order valence-corrected chi connectivity index (χ2v) is 14.5. The Labute approximate surface area is 309 Å². The van der Waals surface area contributed by atoms with Crippen molar-refractivity contribution in [2.24, 2.45) is 10.8 Å². The van der Waals surface area contributed by atoms with E-state index in [1.54, 1.807) is 0 Å². The summed E-state index contributed by atoms with van der Waals surface area (Å²) < 4.78 is 12.0. The maximum absolute atomic E-state index is 12.7. The largest absolute Gasteiger partial charge is 0.396 e. The zero-order valence-electron chi connectivity index (χ0n) is 30.7. The SMILES string of the molecule is C=CC[C@@]1(COCc2ccccc2)CC(=O)N([C@H](C)c2ccccc2)C1.C[C@H](c1ccccc1)N1C[C@](CCO)(COCc2ccccc2)CC1=O. The summed E-state index contributed by atoms with van der Waals surface area (Å²) in [4.78, 5) is 29.4. The first kappa shape index (κ1) is 38.7. The molecule has 6 rings (SSSR count). The van der Waals surface area contributed by atoms with Crippen LogP contribution in [0.4, 0.5) is 0 Å². The molecule has 2 fully saturated rings. The van der Waals surface area contributed by atoms with E-state index >= 15 is 0 Å². The van der Waals surface area contributed by atoms with Crippen molar-refractivity contribution in [3.63, 3.8) is 0 Å². The zero-order valence-corrected chi connectivity index (χ0v) is 30.7. The quantitative estimate of drug-likeness (QED) is 0.119. The van der Waals surface area contributed by atoms with Gasteiger partial charge in [-0.3, -0.25) is 9.59 Å². The van der Waals surface area contributed by atoms with E-state index in [2.05, 4.69) is 56.8 Å². The molecule has 7 nitrogen and oxygen atoms in total. The number of rotatable bonds is 16. The molecule has 52 heavy (non-hydrogen) atoms. The molecule has 2 aliphatic rings. The summed E-state index contributed by atoms with van der Waals surface area (Å²) in [6.45, 7) is 11.6. The van der Waals surface area contributed by atoms with Crippen LogP contribution in [0.25, 0.3) is 0 Å². The van der Waals surface area contributed by atoms with Gasteiger partial charge in [-0.15, -0.1) is 6.58 Å². The average Bonchev–Trinajstić information content (AvgIpc) is 3.68. The molecule has 7 heteroatoms. The third-order valence-corrected chi connectivity index (χ3v) is 10.5. The molecule has 4 aromatic carbocycles. The molecule has 2 aliphatic heterocycles. The van der Waals surface area contributed by atoms with Crippen molar-refractivity contribution < 1.29 is 24.2 Å². The number of aliphatic hydroxyl groups excluding tert-OH is 1. The number of carbonyl (C=O) groups is 2. The first-order valence-corrected chi connectivity index (χ1v) is 18.4. The number of allylic oxidation sites excluding steroid dienone is 1. The van der Waals surface area contributed by atoms with Crippen LogP contribution in [0.3, 0.4) is 0 Å². The molecule has 2 saturated heterocycles. The third-order valence-electron chi connectivity index (χ3n) is 10.5. The zero-order chi connectivity index (χ0) is 36.8. The highest BCUT2D eigenvalue weighted by Crippen LogP contribution is 2.41. The lowest BCUT2D eigenvalue weighted by Crippen LogP contribution is -2.34. The molecular weight excluding hydrogens is 649 g/mol. The molecule has 2 heterocycles. The second kappa shape index (κ2) is 18.8. The van der Waals surface area contributed by atoms with Gasteiger partial charge in [0.15, 0.2) is 0 Å². The highest BCUT2D eigenvalue weighted by molar-refractivity contribution is 5.80. The van der Waals surface area contributed by atoms with Crippen molar-refractivity contribution in [2.75, 3.05) is 32.9 Å². The summed E-state index contributed by atoms with van der Waals surface area (Å²) >= 11 is 0. The maximum atomic E-state index is 12.7. The van der Waals surface area contributed by atoms with E-state index in [0.717, 1.165) is 23.1 Å². The Balaban J connectivity index is 0.000000201. The van der Waals surface area contributed by atoms with E-state index in [9.17, 15) is 14.7 Å². The molecule has 274 valence electrons. The number of benzene rings is 4. The number of likely N-dealkylation sites (tertiary alicyclic amines) is 2. The minimum atomic E-state index is -0.316. The number of carbonyl (C=O) groups excluding carboxylic acids is 2. The minimum absolute atomic E-state index is 0.0263. The van der Waals surface area contributed by atoms with Crippen molar-refractivity contribution in [2.45, 2.75) is 64.8 Å². The number of amides is 2. The van der Waals surface area contributed by atoms with E-state index in [1.807, 2.05) is 101 Å². The highest BCUT2D eigenvalue weighted by Gasteiger charge is 2.45. The van der Waals surface area contributed by atoms with E-state index in [1.165, 1.54) is 5.56 Å². The smallest absolute Gasteiger partial charge is 0.223 e. The van der Waals surface area contributed by atoms with Crippen molar-refractivity contribution in [3.8, 4) is 0 Å². The van der Waals surface area contributed by atoms with Gasteiger partial charge in [0.1, 0.15) is 0 Å². The van der Waals surface area contributed by atoms with Crippen molar-refractivity contribution >= 4 is 11.8 Å². The first-order valence-electron chi connectivity index (χ1n) is 18.4. The molecule has 4 atom stereocenters. The molecule has 0 radical (unpaired) electrons. The molecule has 0 bridgehead atoms. The van der Waals surface area contributed by atoms with Crippen molar-refractivity contribution in [1.82, 2.24) is 9.80 Å². The van der Waals surface area contributed by atoms with Gasteiger partial charge in [0.05, 0.1) is 38.5 Å². The number of hydrogen-bond donors (Lipinski definition) is 1. The Morgan fingerprint density at radius 2 is 1.04 bits per heavy atom. The van der Waals surface area contributed by atoms with Gasteiger partial charge in [-0.1, -0.05) is 127 Å². The van der Waals surface area contributed by atoms with Crippen LogP contribution < -0.4 is 0 Å². The van der Waals surface area contributed by atoms with Crippen LogP contribution in [0.5, 0.6) is 0 Å². The van der Waals surface area contributed by atoms with Gasteiger partial charge in [0.2, 0.25) is 11.8 Å². The van der Waals surface area contributed by atoms with Crippen LogP contribution >= 0.6 is 0 Å². The average molecular weight is 703 g/mol. The predicted octanol–water partition coefficient (Wildman–Crippen LogP) is 8.32. The normalized spacial score (nSPS) is 21.1. The van der Waals surface area contributed by atoms with Gasteiger partial charge >= 0.3 is 0 Å². The number of ether oxygens (including phenoxy) is 2. The first-order chi connectivity index (χ1) is 25.3. The second-order valence-electron chi connectivity index (χ2n) is 14.5. The van der Waals surface area contributed by atoms with Crippen LogP contribution in [0.2, 0.25) is 0 Å². The molecule has 0 unspecified atom stereocenters. The molecule has 0 aliphatic carbocycles. The van der Waals surface area contributed by atoms with E-state index in [-0.39, 0.29) is 41.3 Å². The predicted molar refractivity (Wildman–Crippen MR) is 206 cm³/mol. The minimum Gasteiger partial charge on any atom is -0.396 e. The number of aliphatic hydroxyl groups is 1. The summed E-state index contributed by atoms with van der Waals surface area (Å²) in [7, 11) is 0. The van der Waals surface area contributed by atoms with Gasteiger partial charge in [-0.2, -0.15) is 0 Å². The fourth-order valence-electron chi connectivity index (χ4n) is 7.48. The summed E-state index contributed by atoms with van der Waals surface area (Å²) in [6, 6.07) is 40.6. The molecule has 2 amide bonds. The van der Waals surface area contributed by atoms with Gasteiger partial charge in [-0.25, -0.2) is 0 Å². The van der Waals surface area contributed by atoms with Gasteiger partial charge in [0, 0.05) is 43.4 Å². The fourth-order valence-corrected chi connectivity index (χ4v) is 7.48. The van der Waals surface area contributed by atoms with Crippen LogP contribution in [0, 0.1) is 10.8 Å². The standard InChI is InChI=1S/C23H27NO2.C22H27NO3/c1-3-14-23(18-26-16-20-10-6-4-7-11-20)15-22(25)24(17-23)19(2)21-12-8-5-9-13-21;1-18(20-10-6-3-7-11-20)23-16-22(12-13-24,14-21(23)25)17-26-15-19-8-4-2-5-9-19/h3-13,19H,1,14-18H2,2H3;2-11,18,24H,12-17H2,1H3/t19-,23-;18-,22-/m11/s1. The molecule has 0 spiro atoms. The Hall–Kier alpha value is -4.56. The maximum Gasteiger partial charge on any atom is 0.223 e. The van der Waals surface area contributed by atoms with Crippen LogP contribution in [0.1, 0.15) is 73.9 Å². The van der Waals surface area contributed by atoms with Crippen LogP contribution in [-0.2, 0) is 32.3 Å². The van der Waals surface area contributed by atoms with Crippen LogP contribution in [0.15, 0.2) is 134 Å². The van der Waals surface area contributed by atoms with E-state index in [0.29, 0.717) is 58.8 Å². The molecule has 0 saturated carbocycles. The summed E-state index contributed by atoms with van der Waals surface area (Å²) in [5.41, 5.74) is 4.07. The molecule has 0 aromatic heterocycles. The lowest BCUT2D eigenvalue weighted by molar-refractivity contribution is -0.130. The van der Waals surface area contributed by atoms with Crippen LogP contribution in [-0.4, -0.2) is 59.6 Å². The summed E-state index contributed by atoms with van der Waals surface area (Å²) in [5.74, 6) is 0.338. The Morgan fingerprint density at radius 3 is 1.46 bits per heavy atom. The van der Waals surface area contributed by atoms with Gasteiger partial charge in [0.25, 0.3) is 0 Å². The Morgan fingerprint density at radius 1 is 0.654 bits per heavy atom. The summed E-state index contributed by atoms with van der Waals surface area (Å²) in [5, 5.41) is 9.55. The highest BCUT2D eigenvalue weighted by atomic mass is 16.5. The lowest BCUT2D eigenvalue weighted by atomic mass is 9.84. The summed E-state index contributed by atoms with van der Waals surface area (Å²) in [6.07, 6.45) is 4.22. The van der Waals surface area contributed by atoms with Crippen molar-refractivity contribution in [3.05, 3.63) is 156 Å².